The zero-order valence-electron chi connectivity index (χ0n) is 15.1. The van der Waals surface area contributed by atoms with E-state index in [-0.39, 0.29) is 17.4 Å². The molecule has 0 aromatic heterocycles. The van der Waals surface area contributed by atoms with Crippen molar-refractivity contribution in [3.05, 3.63) is 35.4 Å². The largest absolute Gasteiger partial charge is 0.459 e. The van der Waals surface area contributed by atoms with E-state index < -0.39 is 5.60 Å². The molecule has 0 fully saturated rings. The summed E-state index contributed by atoms with van der Waals surface area (Å²) in [4.78, 5) is 11.9. The van der Waals surface area contributed by atoms with Crippen molar-refractivity contribution < 1.29 is 9.53 Å². The molecule has 124 valence electrons. The Labute approximate surface area is 135 Å². The predicted octanol–water partition coefficient (Wildman–Crippen LogP) is 4.19. The van der Waals surface area contributed by atoms with Crippen LogP contribution >= 0.6 is 0 Å². The van der Waals surface area contributed by atoms with Crippen molar-refractivity contribution in [1.82, 2.24) is 5.32 Å². The third kappa shape index (κ3) is 5.80. The number of rotatable bonds is 6. The van der Waals surface area contributed by atoms with Gasteiger partial charge in [0.05, 0.1) is 0 Å². The van der Waals surface area contributed by atoms with Crippen LogP contribution in [0.15, 0.2) is 24.3 Å². The highest BCUT2D eigenvalue weighted by Gasteiger charge is 2.21. The van der Waals surface area contributed by atoms with Gasteiger partial charge in [0.1, 0.15) is 11.6 Å². The van der Waals surface area contributed by atoms with Gasteiger partial charge in [0.15, 0.2) is 0 Å². The van der Waals surface area contributed by atoms with Crippen molar-refractivity contribution in [3.8, 4) is 0 Å². The maximum Gasteiger partial charge on any atom is 0.323 e. The Morgan fingerprint density at radius 2 is 1.68 bits per heavy atom. The Morgan fingerprint density at radius 1 is 1.14 bits per heavy atom. The fourth-order valence-electron chi connectivity index (χ4n) is 2.02. The van der Waals surface area contributed by atoms with E-state index in [4.69, 9.17) is 4.74 Å². The number of carbonyl (C=O) groups is 1. The second kappa shape index (κ2) is 7.28. The van der Waals surface area contributed by atoms with Crippen LogP contribution in [-0.4, -0.2) is 17.6 Å². The summed E-state index contributed by atoms with van der Waals surface area (Å²) in [6.07, 6.45) is 1.11. The van der Waals surface area contributed by atoms with E-state index in [0.29, 0.717) is 6.54 Å². The smallest absolute Gasteiger partial charge is 0.323 e. The zero-order valence-corrected chi connectivity index (χ0v) is 15.1. The molecule has 0 amide bonds. The van der Waals surface area contributed by atoms with Crippen LogP contribution in [0.25, 0.3) is 0 Å². The van der Waals surface area contributed by atoms with Crippen LogP contribution in [0.5, 0.6) is 0 Å². The molecule has 0 aliphatic carbocycles. The Hall–Kier alpha value is -1.35. The summed E-state index contributed by atoms with van der Waals surface area (Å²) in [7, 11) is 0. The van der Waals surface area contributed by atoms with Crippen LogP contribution in [0.1, 0.15) is 66.0 Å². The van der Waals surface area contributed by atoms with E-state index >= 15 is 0 Å². The van der Waals surface area contributed by atoms with Gasteiger partial charge in [-0.25, -0.2) is 0 Å². The van der Waals surface area contributed by atoms with Gasteiger partial charge in [-0.1, -0.05) is 45.0 Å². The summed E-state index contributed by atoms with van der Waals surface area (Å²) in [6, 6.07) is 8.30. The summed E-state index contributed by atoms with van der Waals surface area (Å²) >= 11 is 0. The molecule has 0 aliphatic heterocycles. The number of hydrogen-bond acceptors (Lipinski definition) is 3. The average Bonchev–Trinajstić information content (AvgIpc) is 2.43. The molecule has 0 heterocycles. The molecule has 22 heavy (non-hydrogen) atoms. The summed E-state index contributed by atoms with van der Waals surface area (Å²) in [5.41, 5.74) is 2.28. The molecular formula is C19H31NO2. The third-order valence-electron chi connectivity index (χ3n) is 3.99. The van der Waals surface area contributed by atoms with Crippen molar-refractivity contribution >= 4 is 5.97 Å². The number of benzene rings is 1. The first-order valence-electron chi connectivity index (χ1n) is 8.11. The monoisotopic (exact) mass is 305 g/mol. The maximum atomic E-state index is 11.9. The van der Waals surface area contributed by atoms with E-state index in [1.807, 2.05) is 27.7 Å². The van der Waals surface area contributed by atoms with Crippen LogP contribution in [0.4, 0.5) is 0 Å². The Balaban J connectivity index is 2.57. The summed E-state index contributed by atoms with van der Waals surface area (Å²) in [5, 5.41) is 3.22. The van der Waals surface area contributed by atoms with Crippen LogP contribution < -0.4 is 5.32 Å². The summed E-state index contributed by atoms with van der Waals surface area (Å²) in [6.45, 7) is 14.9. The van der Waals surface area contributed by atoms with Gasteiger partial charge in [-0.05, 0) is 50.7 Å². The standard InChI is InChI=1S/C19H31NO2/c1-8-19(6,7)16-11-9-15(10-12-16)13-20-14(2)17(21)22-18(3,4)5/h9-12,14,20H,8,13H2,1-7H3. The Morgan fingerprint density at radius 3 is 2.14 bits per heavy atom. The number of ether oxygens (including phenoxy) is 1. The lowest BCUT2D eigenvalue weighted by Crippen LogP contribution is -2.38. The summed E-state index contributed by atoms with van der Waals surface area (Å²) in [5.74, 6) is -0.212. The highest BCUT2D eigenvalue weighted by atomic mass is 16.6. The van der Waals surface area contributed by atoms with Gasteiger partial charge in [-0.15, -0.1) is 0 Å². The van der Waals surface area contributed by atoms with Crippen LogP contribution in [0, 0.1) is 0 Å². The van der Waals surface area contributed by atoms with E-state index in [2.05, 4.69) is 50.4 Å². The second-order valence-electron chi connectivity index (χ2n) is 7.57. The van der Waals surface area contributed by atoms with Gasteiger partial charge in [-0.3, -0.25) is 4.79 Å². The van der Waals surface area contributed by atoms with E-state index in [9.17, 15) is 4.79 Å². The first kappa shape index (κ1) is 18.7. The van der Waals surface area contributed by atoms with Gasteiger partial charge >= 0.3 is 5.97 Å². The van der Waals surface area contributed by atoms with Crippen molar-refractivity contribution in [2.24, 2.45) is 0 Å². The fourth-order valence-corrected chi connectivity index (χ4v) is 2.02. The van der Waals surface area contributed by atoms with E-state index in [0.717, 1.165) is 6.42 Å². The lowest BCUT2D eigenvalue weighted by atomic mass is 9.82. The number of carbonyl (C=O) groups excluding carboxylic acids is 1. The molecule has 0 aliphatic rings. The Bertz CT molecular complexity index is 483. The number of esters is 1. The molecule has 3 nitrogen and oxygen atoms in total. The maximum absolute atomic E-state index is 11.9. The first-order valence-corrected chi connectivity index (χ1v) is 8.11. The normalized spacial score (nSPS) is 13.8. The van der Waals surface area contributed by atoms with Gasteiger partial charge < -0.3 is 10.1 Å². The number of nitrogens with one attached hydrogen (secondary N) is 1. The SMILES string of the molecule is CCC(C)(C)c1ccc(CNC(C)C(=O)OC(C)(C)C)cc1. The highest BCUT2D eigenvalue weighted by molar-refractivity contribution is 5.75. The fraction of sp³-hybridized carbons (Fsp3) is 0.632. The first-order chi connectivity index (χ1) is 10.0. The zero-order chi connectivity index (χ0) is 17.0. The van der Waals surface area contributed by atoms with E-state index in [1.165, 1.54) is 11.1 Å². The summed E-state index contributed by atoms with van der Waals surface area (Å²) < 4.78 is 5.36. The number of hydrogen-bond donors (Lipinski definition) is 1. The van der Waals surface area contributed by atoms with Crippen molar-refractivity contribution in [2.75, 3.05) is 0 Å². The van der Waals surface area contributed by atoms with E-state index in [1.54, 1.807) is 0 Å². The molecule has 0 saturated carbocycles. The molecule has 0 radical (unpaired) electrons. The van der Waals surface area contributed by atoms with Gasteiger partial charge in [0, 0.05) is 6.54 Å². The minimum atomic E-state index is -0.444. The highest BCUT2D eigenvalue weighted by Crippen LogP contribution is 2.26. The van der Waals surface area contributed by atoms with Gasteiger partial charge in [-0.2, -0.15) is 0 Å². The predicted molar refractivity (Wildman–Crippen MR) is 91.9 cm³/mol. The molecule has 1 unspecified atom stereocenters. The van der Waals surface area contributed by atoms with Crippen molar-refractivity contribution in [1.29, 1.82) is 0 Å². The minimum Gasteiger partial charge on any atom is -0.459 e. The van der Waals surface area contributed by atoms with Crippen LogP contribution in [-0.2, 0) is 21.5 Å². The van der Waals surface area contributed by atoms with Crippen LogP contribution in [0.2, 0.25) is 0 Å². The molecule has 1 aromatic carbocycles. The molecule has 1 atom stereocenters. The van der Waals surface area contributed by atoms with Crippen molar-refractivity contribution in [3.63, 3.8) is 0 Å². The molecule has 0 spiro atoms. The third-order valence-corrected chi connectivity index (χ3v) is 3.99. The van der Waals surface area contributed by atoms with Gasteiger partial charge in [0.2, 0.25) is 0 Å². The van der Waals surface area contributed by atoms with Crippen molar-refractivity contribution in [2.45, 2.75) is 78.5 Å². The molecule has 0 bridgehead atoms. The molecular weight excluding hydrogens is 274 g/mol. The quantitative estimate of drug-likeness (QED) is 0.801. The van der Waals surface area contributed by atoms with Crippen LogP contribution in [0.3, 0.4) is 0 Å². The molecule has 3 heteroatoms. The molecule has 1 rings (SSSR count). The lowest BCUT2D eigenvalue weighted by Gasteiger charge is -2.24. The molecule has 0 saturated heterocycles. The minimum absolute atomic E-state index is 0.204. The average molecular weight is 305 g/mol. The second-order valence-corrected chi connectivity index (χ2v) is 7.57. The molecule has 1 aromatic rings. The lowest BCUT2D eigenvalue weighted by molar-refractivity contribution is -0.157. The van der Waals surface area contributed by atoms with Gasteiger partial charge in [0.25, 0.3) is 0 Å². The molecule has 1 N–H and O–H groups in total. The topological polar surface area (TPSA) is 38.3 Å². The Kier molecular flexibility index (Phi) is 6.18.